The van der Waals surface area contributed by atoms with E-state index in [1.165, 1.54) is 4.88 Å². The van der Waals surface area contributed by atoms with Crippen LogP contribution in [0, 0.1) is 0 Å². The number of amides is 1. The predicted octanol–water partition coefficient (Wildman–Crippen LogP) is 5.29. The molecule has 1 N–H and O–H groups in total. The van der Waals surface area contributed by atoms with E-state index in [0.29, 0.717) is 13.0 Å². The summed E-state index contributed by atoms with van der Waals surface area (Å²) in [4.78, 5) is 13.6. The average Bonchev–Trinajstić information content (AvgIpc) is 3.06. The topological polar surface area (TPSA) is 38.3 Å². The first kappa shape index (κ1) is 15.9. The summed E-state index contributed by atoms with van der Waals surface area (Å²) in [5.41, 5.74) is 4.35. The van der Waals surface area contributed by atoms with Gasteiger partial charge in [0.05, 0.1) is 12.3 Å². The Labute approximate surface area is 151 Å². The maximum atomic E-state index is 12.3. The molecule has 2 aromatic carbocycles. The van der Waals surface area contributed by atoms with E-state index in [-0.39, 0.29) is 11.8 Å². The van der Waals surface area contributed by atoms with Crippen LogP contribution < -0.4 is 10.1 Å². The van der Waals surface area contributed by atoms with Crippen LogP contribution in [0.3, 0.4) is 0 Å². The van der Waals surface area contributed by atoms with Crippen LogP contribution in [0.5, 0.6) is 5.75 Å². The second-order valence-corrected chi connectivity index (χ2v) is 6.97. The number of fused-ring (bicyclic) bond motifs is 1. The van der Waals surface area contributed by atoms with E-state index >= 15 is 0 Å². The van der Waals surface area contributed by atoms with Crippen molar-refractivity contribution in [2.75, 3.05) is 11.9 Å². The molecule has 3 aromatic rings. The molecule has 0 saturated heterocycles. The Kier molecular flexibility index (Phi) is 4.28. The highest BCUT2D eigenvalue weighted by molar-refractivity contribution is 7.11. The van der Waals surface area contributed by atoms with Crippen LogP contribution in [-0.4, -0.2) is 12.5 Å². The third kappa shape index (κ3) is 3.05. The third-order valence-electron chi connectivity index (χ3n) is 4.47. The highest BCUT2D eigenvalue weighted by atomic mass is 32.1. The van der Waals surface area contributed by atoms with Crippen molar-refractivity contribution >= 4 is 22.9 Å². The number of hydrogen-bond acceptors (Lipinski definition) is 3. The zero-order valence-electron chi connectivity index (χ0n) is 14.0. The second-order valence-electron chi connectivity index (χ2n) is 6.06. The van der Waals surface area contributed by atoms with Crippen molar-refractivity contribution in [1.82, 2.24) is 0 Å². The van der Waals surface area contributed by atoms with E-state index in [1.807, 2.05) is 37.3 Å². The molecule has 0 aliphatic carbocycles. The lowest BCUT2D eigenvalue weighted by atomic mass is 9.89. The smallest absolute Gasteiger partial charge is 0.225 e. The summed E-state index contributed by atoms with van der Waals surface area (Å²) >= 11 is 1.72. The maximum Gasteiger partial charge on any atom is 0.225 e. The molecule has 4 rings (SSSR count). The van der Waals surface area contributed by atoms with Gasteiger partial charge < -0.3 is 10.1 Å². The van der Waals surface area contributed by atoms with Gasteiger partial charge in [-0.1, -0.05) is 42.5 Å². The lowest BCUT2D eigenvalue weighted by Gasteiger charge is -2.24. The zero-order chi connectivity index (χ0) is 17.2. The Hall–Kier alpha value is -2.59. The number of anilines is 1. The Morgan fingerprint density at radius 3 is 2.60 bits per heavy atom. The average molecular weight is 349 g/mol. The number of rotatable bonds is 4. The van der Waals surface area contributed by atoms with Crippen LogP contribution in [-0.2, 0) is 4.79 Å². The van der Waals surface area contributed by atoms with Crippen molar-refractivity contribution in [3.63, 3.8) is 0 Å². The molecule has 126 valence electrons. The van der Waals surface area contributed by atoms with Crippen LogP contribution in [0.4, 0.5) is 5.69 Å². The quantitative estimate of drug-likeness (QED) is 0.695. The molecule has 0 spiro atoms. The molecule has 4 heteroatoms. The van der Waals surface area contributed by atoms with E-state index in [1.54, 1.807) is 11.3 Å². The van der Waals surface area contributed by atoms with Gasteiger partial charge in [0.1, 0.15) is 5.75 Å². The number of nitrogens with one attached hydrogen (secondary N) is 1. The fourth-order valence-electron chi connectivity index (χ4n) is 3.29. The molecular weight excluding hydrogens is 330 g/mol. The Morgan fingerprint density at radius 1 is 1.12 bits per heavy atom. The van der Waals surface area contributed by atoms with E-state index in [0.717, 1.165) is 28.1 Å². The van der Waals surface area contributed by atoms with Gasteiger partial charge in [0.15, 0.2) is 0 Å². The van der Waals surface area contributed by atoms with E-state index in [4.69, 9.17) is 4.74 Å². The largest absolute Gasteiger partial charge is 0.494 e. The summed E-state index contributed by atoms with van der Waals surface area (Å²) in [6.07, 6.45) is 0.482. The van der Waals surface area contributed by atoms with Crippen molar-refractivity contribution in [2.45, 2.75) is 19.3 Å². The number of carbonyl (C=O) groups is 1. The first-order valence-corrected chi connectivity index (χ1v) is 9.33. The van der Waals surface area contributed by atoms with Crippen molar-refractivity contribution in [3.8, 4) is 16.9 Å². The van der Waals surface area contributed by atoms with Crippen LogP contribution in [0.25, 0.3) is 11.1 Å². The van der Waals surface area contributed by atoms with Crippen LogP contribution in [0.2, 0.25) is 0 Å². The van der Waals surface area contributed by atoms with Crippen LogP contribution >= 0.6 is 11.3 Å². The molecule has 2 heterocycles. The monoisotopic (exact) mass is 349 g/mol. The summed E-state index contributed by atoms with van der Waals surface area (Å²) in [7, 11) is 0. The first-order valence-electron chi connectivity index (χ1n) is 8.45. The summed E-state index contributed by atoms with van der Waals surface area (Å²) < 4.78 is 5.52. The third-order valence-corrected chi connectivity index (χ3v) is 5.56. The molecule has 1 amide bonds. The number of hydrogen-bond donors (Lipinski definition) is 1. The summed E-state index contributed by atoms with van der Waals surface area (Å²) in [5.74, 6) is 1.03. The van der Waals surface area contributed by atoms with Gasteiger partial charge in [0.25, 0.3) is 0 Å². The fourth-order valence-corrected chi connectivity index (χ4v) is 4.45. The molecule has 1 atom stereocenters. The molecule has 0 unspecified atom stereocenters. The molecule has 1 aromatic heterocycles. The van der Waals surface area contributed by atoms with Gasteiger partial charge in [-0.2, -0.15) is 0 Å². The van der Waals surface area contributed by atoms with Gasteiger partial charge in [-0.3, -0.25) is 4.79 Å². The van der Waals surface area contributed by atoms with Crippen LogP contribution in [0.1, 0.15) is 29.7 Å². The zero-order valence-corrected chi connectivity index (χ0v) is 14.8. The number of ether oxygens (including phenoxy) is 1. The molecule has 1 aliphatic rings. The SMILES string of the molecule is CCOc1ccc([C@@H]2CC(=O)Nc3c(-c4ccccc4)csc32)cc1. The van der Waals surface area contributed by atoms with Gasteiger partial charge in [-0.15, -0.1) is 11.3 Å². The molecule has 25 heavy (non-hydrogen) atoms. The summed E-state index contributed by atoms with van der Waals surface area (Å²) in [6.45, 7) is 2.63. The van der Waals surface area contributed by atoms with Gasteiger partial charge in [0.2, 0.25) is 5.91 Å². The standard InChI is InChI=1S/C21H19NO2S/c1-2-24-16-10-8-15(9-11-16)17-12-19(23)22-20-18(13-25-21(17)20)14-6-4-3-5-7-14/h3-11,13,17H,2,12H2,1H3,(H,22,23)/t17-/m0/s1. The normalized spacial score (nSPS) is 16.2. The van der Waals surface area contributed by atoms with Gasteiger partial charge in [0, 0.05) is 28.2 Å². The van der Waals surface area contributed by atoms with Crippen molar-refractivity contribution in [1.29, 1.82) is 0 Å². The molecular formula is C21H19NO2S. The second kappa shape index (κ2) is 6.73. The van der Waals surface area contributed by atoms with Crippen molar-refractivity contribution in [2.24, 2.45) is 0 Å². The van der Waals surface area contributed by atoms with E-state index in [9.17, 15) is 4.79 Å². The van der Waals surface area contributed by atoms with Gasteiger partial charge in [-0.05, 0) is 30.2 Å². The highest BCUT2D eigenvalue weighted by Gasteiger charge is 2.30. The minimum atomic E-state index is 0.0713. The van der Waals surface area contributed by atoms with Crippen molar-refractivity contribution in [3.05, 3.63) is 70.4 Å². The number of carbonyl (C=O) groups excluding carboxylic acids is 1. The Bertz CT molecular complexity index is 884. The molecule has 0 saturated carbocycles. The molecule has 0 radical (unpaired) electrons. The molecule has 3 nitrogen and oxygen atoms in total. The Morgan fingerprint density at radius 2 is 1.88 bits per heavy atom. The first-order chi connectivity index (χ1) is 12.3. The predicted molar refractivity (Wildman–Crippen MR) is 102 cm³/mol. The minimum Gasteiger partial charge on any atom is -0.494 e. The maximum absolute atomic E-state index is 12.3. The van der Waals surface area contributed by atoms with E-state index in [2.05, 4.69) is 35.0 Å². The Balaban J connectivity index is 1.73. The fraction of sp³-hybridized carbons (Fsp3) is 0.190. The molecule has 0 bridgehead atoms. The van der Waals surface area contributed by atoms with Gasteiger partial charge >= 0.3 is 0 Å². The van der Waals surface area contributed by atoms with Crippen LogP contribution in [0.15, 0.2) is 60.0 Å². The highest BCUT2D eigenvalue weighted by Crippen LogP contribution is 2.46. The lowest BCUT2D eigenvalue weighted by molar-refractivity contribution is -0.116. The summed E-state index contributed by atoms with van der Waals surface area (Å²) in [6, 6.07) is 18.3. The number of benzene rings is 2. The van der Waals surface area contributed by atoms with Gasteiger partial charge in [-0.25, -0.2) is 0 Å². The number of thiophene rings is 1. The van der Waals surface area contributed by atoms with E-state index < -0.39 is 0 Å². The van der Waals surface area contributed by atoms with Crippen molar-refractivity contribution < 1.29 is 9.53 Å². The summed E-state index contributed by atoms with van der Waals surface area (Å²) in [5, 5.41) is 5.23. The molecule has 0 fully saturated rings. The lowest BCUT2D eigenvalue weighted by Crippen LogP contribution is -2.22. The molecule has 1 aliphatic heterocycles. The minimum absolute atomic E-state index is 0.0713.